The molecule has 0 amide bonds. The number of benzene rings is 6. The Morgan fingerprint density at radius 2 is 1.06 bits per heavy atom. The zero-order chi connectivity index (χ0) is 36.4. The van der Waals surface area contributed by atoms with Crippen LogP contribution >= 0.6 is 22.7 Å². The number of aryl methyl sites for hydroxylation is 1. The van der Waals surface area contributed by atoms with E-state index < -0.39 is 16.1 Å². The van der Waals surface area contributed by atoms with Crippen LogP contribution in [0.25, 0.3) is 40.3 Å². The van der Waals surface area contributed by atoms with E-state index in [2.05, 4.69) is 185 Å². The van der Waals surface area contributed by atoms with Gasteiger partial charge in [-0.2, -0.15) is 0 Å². The van der Waals surface area contributed by atoms with Crippen LogP contribution in [0, 0.1) is 0 Å². The van der Waals surface area contributed by atoms with Gasteiger partial charge in [-0.25, -0.2) is 0 Å². The molecule has 0 N–H and O–H groups in total. The average molecular weight is 749 g/mol. The normalized spacial score (nSPS) is 12.4. The van der Waals surface area contributed by atoms with Crippen molar-refractivity contribution in [2.75, 3.05) is 23.9 Å². The minimum absolute atomic E-state index is 1.01. The van der Waals surface area contributed by atoms with Gasteiger partial charge in [0.05, 0.1) is 36.9 Å². The third-order valence-electron chi connectivity index (χ3n) is 11.0. The summed E-state index contributed by atoms with van der Waals surface area (Å²) in [6.45, 7) is 14.9. The van der Waals surface area contributed by atoms with Crippen LogP contribution in [0.2, 0.25) is 32.7 Å². The summed E-state index contributed by atoms with van der Waals surface area (Å²) in [5, 5.41) is 8.79. The van der Waals surface area contributed by atoms with Crippen molar-refractivity contribution in [3.05, 3.63) is 132 Å². The minimum Gasteiger partial charge on any atom is -0.343 e. The van der Waals surface area contributed by atoms with Gasteiger partial charge < -0.3 is 9.80 Å². The molecule has 0 saturated carbocycles. The number of fused-ring (bicyclic) bond motifs is 6. The molecule has 0 fully saturated rings. The lowest BCUT2D eigenvalue weighted by molar-refractivity contribution is 1.10. The van der Waals surface area contributed by atoms with E-state index >= 15 is 0 Å². The van der Waals surface area contributed by atoms with E-state index in [9.17, 15) is 0 Å². The summed E-state index contributed by atoms with van der Waals surface area (Å²) in [6, 6.07) is 46.7. The van der Waals surface area contributed by atoms with Gasteiger partial charge in [0.1, 0.15) is 0 Å². The first kappa shape index (κ1) is 34.9. The lowest BCUT2D eigenvalue weighted by atomic mass is 10.0. The van der Waals surface area contributed by atoms with Crippen LogP contribution in [0.3, 0.4) is 0 Å². The van der Waals surface area contributed by atoms with Crippen molar-refractivity contribution in [3.63, 3.8) is 0 Å². The molecule has 0 saturated heterocycles. The van der Waals surface area contributed by atoms with Crippen molar-refractivity contribution in [1.29, 1.82) is 0 Å². The van der Waals surface area contributed by atoms with Crippen molar-refractivity contribution in [3.8, 4) is 0 Å². The van der Waals surface area contributed by atoms with E-state index in [4.69, 9.17) is 0 Å². The largest absolute Gasteiger partial charge is 0.343 e. The quantitative estimate of drug-likeness (QED) is 0.136. The summed E-state index contributed by atoms with van der Waals surface area (Å²) in [4.78, 5) is 4.78. The highest BCUT2D eigenvalue weighted by Crippen LogP contribution is 2.45. The van der Waals surface area contributed by atoms with Gasteiger partial charge in [-0.05, 0) is 64.3 Å². The molecule has 0 unspecified atom stereocenters. The smallest absolute Gasteiger partial charge is 0.0868 e. The molecule has 6 aromatic carbocycles. The van der Waals surface area contributed by atoms with Crippen molar-refractivity contribution in [2.24, 2.45) is 0 Å². The number of thiophene rings is 2. The lowest BCUT2D eigenvalue weighted by Gasteiger charge is -2.26. The Morgan fingerprint density at radius 3 is 1.79 bits per heavy atom. The van der Waals surface area contributed by atoms with Crippen molar-refractivity contribution < 1.29 is 0 Å². The van der Waals surface area contributed by atoms with Gasteiger partial charge in [0.2, 0.25) is 0 Å². The van der Waals surface area contributed by atoms with Crippen molar-refractivity contribution in [2.45, 2.75) is 52.1 Å². The Morgan fingerprint density at radius 1 is 0.481 bits per heavy atom. The van der Waals surface area contributed by atoms with Gasteiger partial charge in [-0.3, -0.25) is 0 Å². The van der Waals surface area contributed by atoms with E-state index in [-0.39, 0.29) is 0 Å². The van der Waals surface area contributed by atoms with Gasteiger partial charge in [0, 0.05) is 56.4 Å². The SMILES string of the molecule is CCc1ccccc1N(C)c1ccc(C[Si](C)(C)c2cccc3c2sc2c(N(C)c4ccccc4)cccc23)c2c1sc1c([Si](C)(C)C)cccc12. The van der Waals surface area contributed by atoms with Gasteiger partial charge in [0.15, 0.2) is 0 Å². The molecule has 8 rings (SSSR count). The lowest BCUT2D eigenvalue weighted by Crippen LogP contribution is -2.44. The standard InChI is InChI=1S/C46H48N2S2Si2/c1-9-31-18-13-14-24-37(31)48(3)39-29-28-32(42-36-23-17-26-40(51(4,5)6)45(36)50-46(39)42)30-52(7,8)41-27-16-22-35-34-21-15-25-38(43(34)49-44(35)41)47(2)33-19-11-10-12-20-33/h10-29H,9,30H2,1-8H3. The van der Waals surface area contributed by atoms with Crippen LogP contribution in [-0.2, 0) is 12.5 Å². The molecule has 2 nitrogen and oxygen atoms in total. The summed E-state index contributed by atoms with van der Waals surface area (Å²) in [5.41, 5.74) is 7.96. The van der Waals surface area contributed by atoms with Crippen LogP contribution in [-0.4, -0.2) is 30.2 Å². The zero-order valence-corrected chi connectivity index (χ0v) is 35.3. The maximum Gasteiger partial charge on any atom is 0.0868 e. The Bertz CT molecular complexity index is 2590. The monoisotopic (exact) mass is 748 g/mol. The van der Waals surface area contributed by atoms with Crippen LogP contribution in [0.1, 0.15) is 18.1 Å². The molecule has 52 heavy (non-hydrogen) atoms. The number of anilines is 4. The molecule has 0 aliphatic rings. The number of para-hydroxylation sites is 2. The topological polar surface area (TPSA) is 6.48 Å². The van der Waals surface area contributed by atoms with Crippen molar-refractivity contribution in [1.82, 2.24) is 0 Å². The maximum absolute atomic E-state index is 2.59. The van der Waals surface area contributed by atoms with Crippen LogP contribution in [0.5, 0.6) is 0 Å². The summed E-state index contributed by atoms with van der Waals surface area (Å²) < 4.78 is 5.74. The van der Waals surface area contributed by atoms with Gasteiger partial charge >= 0.3 is 0 Å². The summed E-state index contributed by atoms with van der Waals surface area (Å²) >= 11 is 4.02. The number of hydrogen-bond donors (Lipinski definition) is 0. The van der Waals surface area contributed by atoms with E-state index in [0.717, 1.165) is 12.5 Å². The molecule has 2 aromatic heterocycles. The van der Waals surface area contributed by atoms with Gasteiger partial charge in [-0.15, -0.1) is 22.7 Å². The third-order valence-corrected chi connectivity index (χ3v) is 19.1. The molecular formula is C46H48N2S2Si2. The predicted octanol–water partition coefficient (Wildman–Crippen LogP) is 12.8. The predicted molar refractivity (Wildman–Crippen MR) is 241 cm³/mol. The molecule has 6 heteroatoms. The summed E-state index contributed by atoms with van der Waals surface area (Å²) in [5.74, 6) is 0. The first-order chi connectivity index (χ1) is 25.0. The fourth-order valence-corrected chi connectivity index (χ4v) is 17.0. The Hall–Kier alpha value is -4.21. The van der Waals surface area contributed by atoms with Crippen LogP contribution < -0.4 is 20.2 Å². The molecular weight excluding hydrogens is 701 g/mol. The highest BCUT2D eigenvalue weighted by atomic mass is 32.1. The Balaban J connectivity index is 1.29. The molecule has 0 aliphatic carbocycles. The molecule has 0 aliphatic heterocycles. The molecule has 262 valence electrons. The number of nitrogens with zero attached hydrogens (tertiary/aromatic N) is 2. The third kappa shape index (κ3) is 5.90. The summed E-state index contributed by atoms with van der Waals surface area (Å²) in [6.07, 6.45) is 1.01. The second kappa shape index (κ2) is 13.3. The van der Waals surface area contributed by atoms with Crippen molar-refractivity contribution >= 4 is 112 Å². The maximum atomic E-state index is 2.59. The Kier molecular flexibility index (Phi) is 8.94. The van der Waals surface area contributed by atoms with Crippen LogP contribution in [0.4, 0.5) is 22.7 Å². The van der Waals surface area contributed by atoms with Crippen LogP contribution in [0.15, 0.2) is 121 Å². The van der Waals surface area contributed by atoms with E-state index in [1.54, 1.807) is 10.4 Å². The second-order valence-electron chi connectivity index (χ2n) is 15.9. The molecule has 8 aromatic rings. The van der Waals surface area contributed by atoms with Gasteiger partial charge in [0.25, 0.3) is 0 Å². The fraction of sp³-hybridized carbons (Fsp3) is 0.217. The highest BCUT2D eigenvalue weighted by molar-refractivity contribution is 7.29. The number of rotatable bonds is 9. The van der Waals surface area contributed by atoms with E-state index in [1.165, 1.54) is 74.2 Å². The number of hydrogen-bond acceptors (Lipinski definition) is 4. The molecule has 0 bridgehead atoms. The second-order valence-corrected chi connectivity index (χ2v) is 27.7. The van der Waals surface area contributed by atoms with E-state index in [0.29, 0.717) is 0 Å². The van der Waals surface area contributed by atoms with E-state index in [1.807, 2.05) is 22.7 Å². The average Bonchev–Trinajstić information content (AvgIpc) is 3.73. The molecule has 0 radical (unpaired) electrons. The fourth-order valence-electron chi connectivity index (χ4n) is 8.19. The van der Waals surface area contributed by atoms with Gasteiger partial charge in [-0.1, -0.05) is 131 Å². The summed E-state index contributed by atoms with van der Waals surface area (Å²) in [7, 11) is 0.866. The molecule has 0 spiro atoms. The zero-order valence-electron chi connectivity index (χ0n) is 31.7. The molecule has 0 atom stereocenters. The molecule has 2 heterocycles. The first-order valence-electron chi connectivity index (χ1n) is 18.5. The first-order valence-corrected chi connectivity index (χ1v) is 26.8. The Labute approximate surface area is 319 Å². The minimum atomic E-state index is -2.01. The highest BCUT2D eigenvalue weighted by Gasteiger charge is 2.30.